The quantitative estimate of drug-likeness (QED) is 0.511. The van der Waals surface area contributed by atoms with Crippen LogP contribution in [0.25, 0.3) is 0 Å². The lowest BCUT2D eigenvalue weighted by atomic mass is 10.1. The molecule has 22 heavy (non-hydrogen) atoms. The third-order valence-electron chi connectivity index (χ3n) is 3.84. The fourth-order valence-corrected chi connectivity index (χ4v) is 3.83. The molecule has 1 heterocycles. The van der Waals surface area contributed by atoms with E-state index in [2.05, 4.69) is 37.8 Å². The Hall–Kier alpha value is -0.840. The Bertz CT molecular complexity index is 707. The third kappa shape index (κ3) is 3.73. The molecule has 0 unspecified atom stereocenters. The molecule has 0 aliphatic heterocycles. The fourth-order valence-electron chi connectivity index (χ4n) is 2.51. The van der Waals surface area contributed by atoms with E-state index in [1.54, 1.807) is 6.20 Å². The number of ether oxygens (including phenoxy) is 1. The predicted molar refractivity (Wildman–Crippen MR) is 93.9 cm³/mol. The largest absolute Gasteiger partial charge is 0.460 e. The standard InChI is InChI=1S/C15H15Br2NO3S/c1-4-5-18-7-9(22-14(18)20)8-21-13(19)12-10(6-11(16)17)15(12,2)3/h1,6-7,10,12H,5,8H2,2-3H3/t10-,12-/m0/s1. The van der Waals surface area contributed by atoms with Crippen molar-refractivity contribution in [2.45, 2.75) is 27.0 Å². The molecule has 2 rings (SSSR count). The number of nitrogens with zero attached hydrogens (tertiary/aromatic N) is 1. The molecule has 4 nitrogen and oxygen atoms in total. The normalized spacial score (nSPS) is 21.8. The minimum absolute atomic E-state index is 0.106. The smallest absolute Gasteiger partial charge is 0.310 e. The Morgan fingerprint density at radius 2 is 2.27 bits per heavy atom. The number of carbonyl (C=O) groups excluding carboxylic acids is 1. The van der Waals surface area contributed by atoms with E-state index in [-0.39, 0.29) is 41.2 Å². The second kappa shape index (κ2) is 6.73. The van der Waals surface area contributed by atoms with Gasteiger partial charge in [0.2, 0.25) is 0 Å². The molecule has 0 amide bonds. The van der Waals surface area contributed by atoms with E-state index >= 15 is 0 Å². The van der Waals surface area contributed by atoms with Crippen molar-refractivity contribution >= 4 is 49.2 Å². The van der Waals surface area contributed by atoms with Crippen molar-refractivity contribution in [3.05, 3.63) is 30.2 Å². The SMILES string of the molecule is C#CCn1cc(COC(=O)[C@@H]2[C@H](C=C(Br)Br)C2(C)C)sc1=O. The van der Waals surface area contributed by atoms with Gasteiger partial charge >= 0.3 is 10.8 Å². The lowest BCUT2D eigenvalue weighted by Gasteiger charge is -2.03. The highest BCUT2D eigenvalue weighted by Gasteiger charge is 2.61. The van der Waals surface area contributed by atoms with Crippen molar-refractivity contribution in [1.29, 1.82) is 0 Å². The van der Waals surface area contributed by atoms with Gasteiger partial charge in [-0.05, 0) is 43.2 Å². The molecule has 1 aromatic rings. The minimum atomic E-state index is -0.239. The van der Waals surface area contributed by atoms with Crippen LogP contribution in [0.15, 0.2) is 20.5 Å². The van der Waals surface area contributed by atoms with Crippen molar-refractivity contribution in [2.24, 2.45) is 17.3 Å². The number of thiazole rings is 1. The van der Waals surface area contributed by atoms with Crippen molar-refractivity contribution in [3.63, 3.8) is 0 Å². The van der Waals surface area contributed by atoms with Crippen LogP contribution in [0, 0.1) is 29.6 Å². The maximum Gasteiger partial charge on any atom is 0.310 e. The van der Waals surface area contributed by atoms with Gasteiger partial charge in [0.25, 0.3) is 0 Å². The van der Waals surface area contributed by atoms with Gasteiger partial charge in [-0.1, -0.05) is 37.2 Å². The highest BCUT2D eigenvalue weighted by Crippen LogP contribution is 2.60. The van der Waals surface area contributed by atoms with E-state index in [1.165, 1.54) is 4.57 Å². The molecule has 0 N–H and O–H groups in total. The van der Waals surface area contributed by atoms with Gasteiger partial charge in [-0.25, -0.2) is 0 Å². The highest BCUT2D eigenvalue weighted by atomic mass is 79.9. The average molecular weight is 449 g/mol. The van der Waals surface area contributed by atoms with Gasteiger partial charge in [-0.2, -0.15) is 0 Å². The number of esters is 1. The molecule has 0 saturated heterocycles. The Morgan fingerprint density at radius 3 is 2.86 bits per heavy atom. The summed E-state index contributed by atoms with van der Waals surface area (Å²) in [6.07, 6.45) is 8.80. The summed E-state index contributed by atoms with van der Waals surface area (Å²) >= 11 is 7.68. The van der Waals surface area contributed by atoms with Gasteiger partial charge in [-0.15, -0.1) is 6.42 Å². The van der Waals surface area contributed by atoms with Gasteiger partial charge in [0.05, 0.1) is 20.7 Å². The molecular formula is C15H15Br2NO3S. The number of allylic oxidation sites excluding steroid dienone is 1. The van der Waals surface area contributed by atoms with Gasteiger partial charge < -0.3 is 4.74 Å². The zero-order valence-corrected chi connectivity index (χ0v) is 16.1. The first kappa shape index (κ1) is 17.5. The summed E-state index contributed by atoms with van der Waals surface area (Å²) in [6, 6.07) is 0. The zero-order valence-electron chi connectivity index (χ0n) is 12.1. The fraction of sp³-hybridized carbons (Fsp3) is 0.467. The van der Waals surface area contributed by atoms with E-state index in [0.717, 1.165) is 14.7 Å². The Kier molecular flexibility index (Phi) is 5.36. The molecule has 0 bridgehead atoms. The van der Waals surface area contributed by atoms with Crippen LogP contribution < -0.4 is 4.87 Å². The molecule has 1 aliphatic rings. The van der Waals surface area contributed by atoms with E-state index in [9.17, 15) is 9.59 Å². The molecule has 0 spiro atoms. The first-order valence-electron chi connectivity index (χ1n) is 6.59. The number of aromatic nitrogens is 1. The first-order valence-corrected chi connectivity index (χ1v) is 8.99. The molecule has 0 aromatic carbocycles. The number of hydrogen-bond acceptors (Lipinski definition) is 4. The summed E-state index contributed by atoms with van der Waals surface area (Å²) in [7, 11) is 0. The molecule has 0 radical (unpaired) electrons. The first-order chi connectivity index (χ1) is 10.3. The summed E-state index contributed by atoms with van der Waals surface area (Å²) in [6.45, 7) is 4.40. The summed E-state index contributed by atoms with van der Waals surface area (Å²) < 4.78 is 7.62. The lowest BCUT2D eigenvalue weighted by Crippen LogP contribution is -2.10. The number of terminal acetylenes is 1. The predicted octanol–water partition coefficient (Wildman–Crippen LogP) is 3.49. The van der Waals surface area contributed by atoms with Crippen molar-refractivity contribution in [2.75, 3.05) is 0 Å². The molecule has 2 atom stereocenters. The van der Waals surface area contributed by atoms with E-state index in [4.69, 9.17) is 11.2 Å². The van der Waals surface area contributed by atoms with Crippen LogP contribution in [0.2, 0.25) is 0 Å². The second-order valence-corrected chi connectivity index (χ2v) is 9.53. The summed E-state index contributed by atoms with van der Waals surface area (Å²) in [5.74, 6) is 2.15. The zero-order chi connectivity index (χ0) is 16.5. The van der Waals surface area contributed by atoms with Crippen molar-refractivity contribution in [1.82, 2.24) is 4.57 Å². The van der Waals surface area contributed by atoms with E-state index < -0.39 is 0 Å². The van der Waals surface area contributed by atoms with Crippen LogP contribution >= 0.6 is 43.2 Å². The molecule has 1 aliphatic carbocycles. The van der Waals surface area contributed by atoms with Gasteiger partial charge in [0.1, 0.15) is 6.61 Å². The Morgan fingerprint density at radius 1 is 1.59 bits per heavy atom. The molecule has 7 heteroatoms. The summed E-state index contributed by atoms with van der Waals surface area (Å²) in [5.41, 5.74) is -0.119. The van der Waals surface area contributed by atoms with Crippen LogP contribution in [0.4, 0.5) is 0 Å². The Labute approximate surface area is 149 Å². The topological polar surface area (TPSA) is 48.3 Å². The average Bonchev–Trinajstić information content (AvgIpc) is 2.76. The van der Waals surface area contributed by atoms with Gasteiger partial charge in [0.15, 0.2) is 0 Å². The van der Waals surface area contributed by atoms with Crippen LogP contribution in [-0.2, 0) is 22.7 Å². The van der Waals surface area contributed by atoms with Crippen molar-refractivity contribution < 1.29 is 9.53 Å². The van der Waals surface area contributed by atoms with Crippen LogP contribution in [0.1, 0.15) is 18.7 Å². The van der Waals surface area contributed by atoms with E-state index in [1.807, 2.05) is 19.9 Å². The minimum Gasteiger partial charge on any atom is -0.460 e. The molecule has 1 aromatic heterocycles. The Balaban J connectivity index is 1.97. The van der Waals surface area contributed by atoms with Crippen molar-refractivity contribution in [3.8, 4) is 12.3 Å². The highest BCUT2D eigenvalue weighted by molar-refractivity contribution is 9.28. The maximum atomic E-state index is 12.2. The molecule has 118 valence electrons. The van der Waals surface area contributed by atoms with Crippen LogP contribution in [0.5, 0.6) is 0 Å². The number of halogens is 2. The third-order valence-corrected chi connectivity index (χ3v) is 5.26. The van der Waals surface area contributed by atoms with Crippen LogP contribution in [-0.4, -0.2) is 10.5 Å². The second-order valence-electron chi connectivity index (χ2n) is 5.68. The molecule has 1 saturated carbocycles. The maximum absolute atomic E-state index is 12.2. The molecule has 1 fully saturated rings. The number of carbonyl (C=O) groups is 1. The van der Waals surface area contributed by atoms with Gasteiger partial charge in [-0.3, -0.25) is 14.2 Å². The summed E-state index contributed by atoms with van der Waals surface area (Å²) in [5, 5.41) is 0. The number of hydrogen-bond donors (Lipinski definition) is 0. The monoisotopic (exact) mass is 447 g/mol. The lowest BCUT2D eigenvalue weighted by molar-refractivity contribution is -0.147. The molecular weight excluding hydrogens is 434 g/mol. The van der Waals surface area contributed by atoms with E-state index in [0.29, 0.717) is 4.88 Å². The summed E-state index contributed by atoms with van der Waals surface area (Å²) in [4.78, 5) is 24.4. The van der Waals surface area contributed by atoms with Crippen LogP contribution in [0.3, 0.4) is 0 Å². The van der Waals surface area contributed by atoms with Gasteiger partial charge in [0, 0.05) is 6.20 Å². The number of rotatable bonds is 5.